The van der Waals surface area contributed by atoms with Gasteiger partial charge in [-0.25, -0.2) is 9.18 Å². The Bertz CT molecular complexity index is 1260. The summed E-state index contributed by atoms with van der Waals surface area (Å²) in [5.74, 6) is -1.89. The average Bonchev–Trinajstić information content (AvgIpc) is 3.21. The minimum Gasteiger partial charge on any atom is -0.463 e. The largest absolute Gasteiger partial charge is 0.463 e. The first kappa shape index (κ1) is 24.9. The van der Waals surface area contributed by atoms with Gasteiger partial charge in [-0.15, -0.1) is 0 Å². The maximum Gasteiger partial charge on any atom is 0.379 e. The minimum absolute atomic E-state index is 0.118. The van der Waals surface area contributed by atoms with Crippen molar-refractivity contribution >= 4 is 40.2 Å². The van der Waals surface area contributed by atoms with Gasteiger partial charge in [0.1, 0.15) is 12.5 Å². The Morgan fingerprint density at radius 2 is 1.74 bits per heavy atom. The average molecular weight is 501 g/mol. The van der Waals surface area contributed by atoms with E-state index < -0.39 is 11.8 Å². The fourth-order valence-electron chi connectivity index (χ4n) is 4.57. The van der Waals surface area contributed by atoms with E-state index in [0.29, 0.717) is 29.9 Å². The summed E-state index contributed by atoms with van der Waals surface area (Å²) in [6, 6.07) is 9.69. The molecule has 0 atom stereocenters. The van der Waals surface area contributed by atoms with Crippen LogP contribution >= 0.6 is 11.6 Å². The van der Waals surface area contributed by atoms with Gasteiger partial charge in [0.05, 0.1) is 28.8 Å². The molecule has 3 aromatic rings. The predicted octanol–water partition coefficient (Wildman–Crippen LogP) is 4.49. The van der Waals surface area contributed by atoms with Crippen molar-refractivity contribution in [2.24, 2.45) is 5.92 Å². The molecule has 9 heteroatoms. The molecule has 2 heterocycles. The van der Waals surface area contributed by atoms with Crippen molar-refractivity contribution in [2.45, 2.75) is 26.0 Å². The van der Waals surface area contributed by atoms with Crippen molar-refractivity contribution in [3.63, 3.8) is 0 Å². The molecule has 0 N–H and O–H groups in total. The van der Waals surface area contributed by atoms with Crippen LogP contribution in [-0.4, -0.2) is 54.4 Å². The van der Waals surface area contributed by atoms with Crippen LogP contribution in [0, 0.1) is 11.7 Å². The topological polar surface area (TPSA) is 77.8 Å². The quantitative estimate of drug-likeness (QED) is 0.271. The zero-order chi connectivity index (χ0) is 25.1. The van der Waals surface area contributed by atoms with Crippen LogP contribution in [0.25, 0.3) is 10.9 Å². The summed E-state index contributed by atoms with van der Waals surface area (Å²) in [6.07, 6.45) is 3.97. The van der Waals surface area contributed by atoms with Crippen LogP contribution in [0.15, 0.2) is 42.6 Å². The first-order valence-corrected chi connectivity index (χ1v) is 11.7. The predicted molar refractivity (Wildman–Crippen MR) is 129 cm³/mol. The Morgan fingerprint density at radius 1 is 1.06 bits per heavy atom. The number of esters is 1. The van der Waals surface area contributed by atoms with E-state index in [4.69, 9.17) is 16.3 Å². The number of rotatable bonds is 7. The molecule has 0 unspecified atom stereocenters. The van der Waals surface area contributed by atoms with Crippen molar-refractivity contribution in [1.29, 1.82) is 0 Å². The van der Waals surface area contributed by atoms with Gasteiger partial charge in [0, 0.05) is 31.8 Å². The number of hydrogen-bond acceptors (Lipinski definition) is 5. The molecular formula is C26H26ClFN2O5. The van der Waals surface area contributed by atoms with Crippen LogP contribution in [0.3, 0.4) is 0 Å². The van der Waals surface area contributed by atoms with Gasteiger partial charge < -0.3 is 18.9 Å². The third kappa shape index (κ3) is 5.23. The highest BCUT2D eigenvalue weighted by molar-refractivity contribution is 6.43. The Balaban J connectivity index is 1.55. The number of ketones is 1. The number of nitrogens with zero attached hydrogens (tertiary/aromatic N) is 2. The molecule has 4 rings (SSSR count). The van der Waals surface area contributed by atoms with E-state index >= 15 is 0 Å². The SMILES string of the molecule is COCn1cc(C(=O)C(=O)OC)c2cc(C(=O)N3CCC(Cc4ccc(F)cc4)CC3)c(Cl)cc21. The molecule has 0 bridgehead atoms. The molecule has 1 aromatic heterocycles. The van der Waals surface area contributed by atoms with Gasteiger partial charge in [-0.3, -0.25) is 9.59 Å². The number of methoxy groups -OCH3 is 2. The zero-order valence-electron chi connectivity index (χ0n) is 19.6. The third-order valence-corrected chi connectivity index (χ3v) is 6.74. The van der Waals surface area contributed by atoms with Gasteiger partial charge in [0.15, 0.2) is 0 Å². The summed E-state index contributed by atoms with van der Waals surface area (Å²) in [7, 11) is 2.65. The number of carbonyl (C=O) groups excluding carboxylic acids is 3. The Labute approximate surface area is 207 Å². The lowest BCUT2D eigenvalue weighted by Crippen LogP contribution is -2.39. The maximum absolute atomic E-state index is 13.4. The molecule has 1 saturated heterocycles. The lowest BCUT2D eigenvalue weighted by Gasteiger charge is -2.32. The first-order valence-electron chi connectivity index (χ1n) is 11.3. The molecule has 0 saturated carbocycles. The number of Topliss-reactive ketones (excluding diaryl/α,β-unsaturated/α-hetero) is 1. The number of likely N-dealkylation sites (tertiary alicyclic amines) is 1. The van der Waals surface area contributed by atoms with Crippen LogP contribution in [0.2, 0.25) is 5.02 Å². The van der Waals surface area contributed by atoms with Crippen LogP contribution in [0.1, 0.15) is 39.1 Å². The van der Waals surface area contributed by atoms with Gasteiger partial charge in [0.2, 0.25) is 0 Å². The highest BCUT2D eigenvalue weighted by Crippen LogP contribution is 2.31. The summed E-state index contributed by atoms with van der Waals surface area (Å²) in [5, 5.41) is 0.680. The summed E-state index contributed by atoms with van der Waals surface area (Å²) in [6.45, 7) is 1.27. The van der Waals surface area contributed by atoms with E-state index in [9.17, 15) is 18.8 Å². The number of hydrogen-bond donors (Lipinski definition) is 0. The van der Waals surface area contributed by atoms with Crippen LogP contribution in [0.5, 0.6) is 0 Å². The smallest absolute Gasteiger partial charge is 0.379 e. The Kier molecular flexibility index (Phi) is 7.52. The molecule has 1 aliphatic heterocycles. The number of piperidine rings is 1. The van der Waals surface area contributed by atoms with Crippen LogP contribution < -0.4 is 0 Å². The van der Waals surface area contributed by atoms with Gasteiger partial charge >= 0.3 is 5.97 Å². The summed E-state index contributed by atoms with van der Waals surface area (Å²) < 4.78 is 24.6. The normalized spacial score (nSPS) is 14.3. The van der Waals surface area contributed by atoms with Gasteiger partial charge in [0.25, 0.3) is 11.7 Å². The molecule has 0 spiro atoms. The van der Waals surface area contributed by atoms with E-state index in [-0.39, 0.29) is 34.6 Å². The van der Waals surface area contributed by atoms with E-state index in [0.717, 1.165) is 31.9 Å². The number of carbonyl (C=O) groups is 3. The van der Waals surface area contributed by atoms with E-state index in [2.05, 4.69) is 4.74 Å². The number of fused-ring (bicyclic) bond motifs is 1. The summed E-state index contributed by atoms with van der Waals surface area (Å²) >= 11 is 6.51. The molecule has 35 heavy (non-hydrogen) atoms. The monoisotopic (exact) mass is 500 g/mol. The van der Waals surface area contributed by atoms with E-state index in [1.54, 1.807) is 33.7 Å². The molecule has 2 aromatic carbocycles. The number of aromatic nitrogens is 1. The van der Waals surface area contributed by atoms with E-state index in [1.807, 2.05) is 0 Å². The molecule has 184 valence electrons. The third-order valence-electron chi connectivity index (χ3n) is 6.42. The highest BCUT2D eigenvalue weighted by Gasteiger charge is 2.28. The second-order valence-electron chi connectivity index (χ2n) is 8.67. The fourth-order valence-corrected chi connectivity index (χ4v) is 4.81. The minimum atomic E-state index is -0.993. The maximum atomic E-state index is 13.4. The fraction of sp³-hybridized carbons (Fsp3) is 0.346. The molecule has 0 radical (unpaired) electrons. The molecular weight excluding hydrogens is 475 g/mol. The second-order valence-corrected chi connectivity index (χ2v) is 9.07. The van der Waals surface area contributed by atoms with Crippen molar-refractivity contribution in [1.82, 2.24) is 9.47 Å². The van der Waals surface area contributed by atoms with Gasteiger partial charge in [-0.05, 0) is 55.0 Å². The zero-order valence-corrected chi connectivity index (χ0v) is 20.3. The second kappa shape index (κ2) is 10.6. The summed E-state index contributed by atoms with van der Waals surface area (Å²) in [5.41, 5.74) is 2.03. The molecule has 0 aliphatic carbocycles. The Morgan fingerprint density at radius 3 is 2.37 bits per heavy atom. The molecule has 1 fully saturated rings. The molecule has 7 nitrogen and oxygen atoms in total. The van der Waals surface area contributed by atoms with Crippen molar-refractivity contribution in [2.75, 3.05) is 27.3 Å². The lowest BCUT2D eigenvalue weighted by molar-refractivity contribution is -0.135. The highest BCUT2D eigenvalue weighted by atomic mass is 35.5. The Hall–Kier alpha value is -3.23. The van der Waals surface area contributed by atoms with Crippen molar-refractivity contribution in [3.8, 4) is 0 Å². The standard InChI is InChI=1S/C26H26ClFN2O5/c1-34-15-30-14-21(24(31)26(33)35-2)19-12-20(22(27)13-23(19)30)25(32)29-9-7-17(8-10-29)11-16-3-5-18(28)6-4-16/h3-6,12-14,17H,7-11,15H2,1-2H3. The molecule has 1 aliphatic rings. The van der Waals surface area contributed by atoms with Crippen LogP contribution in [-0.2, 0) is 27.4 Å². The van der Waals surface area contributed by atoms with Crippen molar-refractivity contribution in [3.05, 3.63) is 70.1 Å². The van der Waals surface area contributed by atoms with Gasteiger partial charge in [-0.1, -0.05) is 23.7 Å². The van der Waals surface area contributed by atoms with Crippen LogP contribution in [0.4, 0.5) is 4.39 Å². The number of halogens is 2. The first-order chi connectivity index (χ1) is 16.8. The van der Waals surface area contributed by atoms with Gasteiger partial charge in [-0.2, -0.15) is 0 Å². The lowest BCUT2D eigenvalue weighted by atomic mass is 9.90. The number of ether oxygens (including phenoxy) is 2. The number of amides is 1. The molecule has 1 amide bonds. The summed E-state index contributed by atoms with van der Waals surface area (Å²) in [4.78, 5) is 39.6. The van der Waals surface area contributed by atoms with Crippen molar-refractivity contribution < 1.29 is 28.2 Å². The number of benzene rings is 2. The van der Waals surface area contributed by atoms with E-state index in [1.165, 1.54) is 25.4 Å².